The minimum absolute atomic E-state index is 0.0257. The topological polar surface area (TPSA) is 158 Å². The van der Waals surface area contributed by atoms with E-state index in [0.717, 1.165) is 23.1 Å². The maximum absolute atomic E-state index is 12.6. The van der Waals surface area contributed by atoms with Crippen LogP contribution in [-0.2, 0) is 22.4 Å². The fourth-order valence-corrected chi connectivity index (χ4v) is 5.86. The van der Waals surface area contributed by atoms with E-state index in [4.69, 9.17) is 15.9 Å². The van der Waals surface area contributed by atoms with E-state index in [-0.39, 0.29) is 11.8 Å². The van der Waals surface area contributed by atoms with Crippen LogP contribution in [0.3, 0.4) is 0 Å². The van der Waals surface area contributed by atoms with Gasteiger partial charge in [-0.1, -0.05) is 0 Å². The molecular formula is C27H36N8O3S. The van der Waals surface area contributed by atoms with Crippen molar-refractivity contribution < 1.29 is 14.3 Å². The molecule has 1 aromatic carbocycles. The van der Waals surface area contributed by atoms with Gasteiger partial charge in [-0.05, 0) is 57.7 Å². The third-order valence-electron chi connectivity index (χ3n) is 6.38. The molecule has 1 atom stereocenters. The quantitative estimate of drug-likeness (QED) is 0.158. The summed E-state index contributed by atoms with van der Waals surface area (Å²) < 4.78 is 5.28. The molecule has 3 aromatic rings. The van der Waals surface area contributed by atoms with Crippen molar-refractivity contribution in [2.45, 2.75) is 45.6 Å². The number of ether oxygens (including phenoxy) is 1. The molecule has 39 heavy (non-hydrogen) atoms. The number of aryl methyl sites for hydroxylation is 1. The number of rotatable bonds is 8. The summed E-state index contributed by atoms with van der Waals surface area (Å²) in [6.45, 7) is 6.20. The van der Waals surface area contributed by atoms with E-state index >= 15 is 0 Å². The zero-order chi connectivity index (χ0) is 28.3. The van der Waals surface area contributed by atoms with Crippen molar-refractivity contribution in [2.75, 3.05) is 43.6 Å². The number of fused-ring (bicyclic) bond motifs is 3. The molecule has 11 nitrogen and oxygen atoms in total. The lowest BCUT2D eigenvalue weighted by Crippen LogP contribution is -2.35. The molecule has 0 bridgehead atoms. The Morgan fingerprint density at radius 3 is 2.69 bits per heavy atom. The molecule has 4 rings (SSSR count). The van der Waals surface area contributed by atoms with Gasteiger partial charge in [0.15, 0.2) is 0 Å². The number of hydrogen-bond acceptors (Lipinski definition) is 10. The van der Waals surface area contributed by atoms with E-state index in [1.54, 1.807) is 42.5 Å². The zero-order valence-corrected chi connectivity index (χ0v) is 23.8. The van der Waals surface area contributed by atoms with Crippen LogP contribution >= 0.6 is 11.3 Å². The van der Waals surface area contributed by atoms with Gasteiger partial charge in [-0.25, -0.2) is 14.8 Å². The summed E-state index contributed by atoms with van der Waals surface area (Å²) in [5.41, 5.74) is 9.20. The average Bonchev–Trinajstić information content (AvgIpc) is 3.25. The van der Waals surface area contributed by atoms with Gasteiger partial charge in [0.25, 0.3) is 0 Å². The molecule has 208 valence electrons. The largest absolute Gasteiger partial charge is 0.444 e. The summed E-state index contributed by atoms with van der Waals surface area (Å²) >= 11 is 1.61. The first-order valence-electron chi connectivity index (χ1n) is 12.8. The van der Waals surface area contributed by atoms with E-state index in [9.17, 15) is 9.59 Å². The van der Waals surface area contributed by atoms with Gasteiger partial charge in [0.1, 0.15) is 22.6 Å². The molecule has 0 radical (unpaired) electrons. The van der Waals surface area contributed by atoms with Crippen molar-refractivity contribution >= 4 is 62.6 Å². The van der Waals surface area contributed by atoms with Crippen LogP contribution in [0.25, 0.3) is 10.2 Å². The van der Waals surface area contributed by atoms with Gasteiger partial charge < -0.3 is 36.7 Å². The number of carbonyl (C=O) groups is 2. The molecule has 0 unspecified atom stereocenters. The first-order chi connectivity index (χ1) is 18.5. The lowest BCUT2D eigenvalue weighted by molar-refractivity contribution is -0.133. The van der Waals surface area contributed by atoms with Gasteiger partial charge in [-0.15, -0.1) is 11.3 Å². The number of amides is 2. The smallest absolute Gasteiger partial charge is 0.407 e. The lowest BCUT2D eigenvalue weighted by atomic mass is 9.87. The first kappa shape index (κ1) is 28.1. The van der Waals surface area contributed by atoms with Gasteiger partial charge >= 0.3 is 6.09 Å². The SMILES string of the molecule is CN(C)C(=O)[C@H]1CCc2c(sc3ncnc(Nc4cc(C=N)c(N)cc4NCCNC(=O)OC(C)(C)C)c23)C1. The average molecular weight is 553 g/mol. The number of nitrogens with zero attached hydrogens (tertiary/aromatic N) is 3. The van der Waals surface area contributed by atoms with Crippen LogP contribution < -0.4 is 21.7 Å². The summed E-state index contributed by atoms with van der Waals surface area (Å²) in [6.07, 6.45) is 4.50. The molecule has 2 amide bonds. The van der Waals surface area contributed by atoms with Gasteiger partial charge in [0, 0.05) is 55.4 Å². The molecular weight excluding hydrogens is 516 g/mol. The predicted molar refractivity (Wildman–Crippen MR) is 156 cm³/mol. The third-order valence-corrected chi connectivity index (χ3v) is 7.54. The zero-order valence-electron chi connectivity index (χ0n) is 23.0. The second-order valence-corrected chi connectivity index (χ2v) is 11.8. The van der Waals surface area contributed by atoms with Gasteiger partial charge in [0.05, 0.1) is 16.8 Å². The van der Waals surface area contributed by atoms with Crippen molar-refractivity contribution in [1.29, 1.82) is 5.41 Å². The summed E-state index contributed by atoms with van der Waals surface area (Å²) in [5, 5.41) is 18.2. The standard InChI is InChI=1S/C27H36N8O3S/c1-27(2,3)38-26(37)31-9-8-30-19-12-18(29)16(13-28)10-20(19)34-23-22-17-7-6-15(25(36)35(4)5)11-21(17)39-24(22)33-14-32-23/h10,12-15,28,30H,6-9,11,29H2,1-5H3,(H,31,37)(H,32,33,34)/t15-/m0/s1. The Hall–Kier alpha value is -3.93. The molecule has 0 fully saturated rings. The predicted octanol–water partition coefficient (Wildman–Crippen LogP) is 4.14. The Kier molecular flexibility index (Phi) is 8.24. The van der Waals surface area contributed by atoms with Crippen molar-refractivity contribution in [2.24, 2.45) is 5.92 Å². The minimum atomic E-state index is -0.571. The fraction of sp³-hybridized carbons (Fsp3) is 0.444. The molecule has 1 aliphatic rings. The normalized spacial score (nSPS) is 14.8. The lowest BCUT2D eigenvalue weighted by Gasteiger charge is -2.24. The summed E-state index contributed by atoms with van der Waals surface area (Å²) in [6, 6.07) is 3.56. The van der Waals surface area contributed by atoms with E-state index in [1.807, 2.05) is 20.8 Å². The van der Waals surface area contributed by atoms with Crippen LogP contribution in [0.5, 0.6) is 0 Å². The van der Waals surface area contributed by atoms with Gasteiger partial charge in [-0.2, -0.15) is 0 Å². The highest BCUT2D eigenvalue weighted by molar-refractivity contribution is 7.19. The summed E-state index contributed by atoms with van der Waals surface area (Å²) in [7, 11) is 3.59. The molecule has 12 heteroatoms. The number of benzene rings is 1. The molecule has 0 aliphatic heterocycles. The Morgan fingerprint density at radius 1 is 1.23 bits per heavy atom. The number of nitrogens with one attached hydrogen (secondary N) is 4. The number of hydrogen-bond donors (Lipinski definition) is 5. The summed E-state index contributed by atoms with van der Waals surface area (Å²) in [5.74, 6) is 0.785. The van der Waals surface area contributed by atoms with Gasteiger partial charge in [-0.3, -0.25) is 4.79 Å². The second-order valence-electron chi connectivity index (χ2n) is 10.7. The molecule has 6 N–H and O–H groups in total. The van der Waals surface area contributed by atoms with E-state index in [1.165, 1.54) is 23.0 Å². The highest BCUT2D eigenvalue weighted by Gasteiger charge is 2.30. The number of nitrogens with two attached hydrogens (primary N) is 1. The fourth-order valence-electron chi connectivity index (χ4n) is 4.59. The van der Waals surface area contributed by atoms with Crippen LogP contribution in [-0.4, -0.2) is 65.9 Å². The van der Waals surface area contributed by atoms with Crippen molar-refractivity contribution in [1.82, 2.24) is 20.2 Å². The van der Waals surface area contributed by atoms with Crippen LogP contribution in [0.2, 0.25) is 0 Å². The third kappa shape index (κ3) is 6.56. The van der Waals surface area contributed by atoms with Crippen LogP contribution in [0.4, 0.5) is 27.7 Å². The monoisotopic (exact) mass is 552 g/mol. The molecule has 0 saturated heterocycles. The van der Waals surface area contributed by atoms with Crippen LogP contribution in [0.15, 0.2) is 18.5 Å². The Bertz CT molecular complexity index is 1400. The van der Waals surface area contributed by atoms with Crippen molar-refractivity contribution in [3.63, 3.8) is 0 Å². The number of nitrogen functional groups attached to an aromatic ring is 1. The van der Waals surface area contributed by atoms with E-state index in [2.05, 4.69) is 25.9 Å². The highest BCUT2D eigenvalue weighted by Crippen LogP contribution is 2.41. The molecule has 0 saturated carbocycles. The van der Waals surface area contributed by atoms with E-state index in [0.29, 0.717) is 48.0 Å². The minimum Gasteiger partial charge on any atom is -0.444 e. The number of anilines is 4. The van der Waals surface area contributed by atoms with Crippen molar-refractivity contribution in [3.8, 4) is 0 Å². The summed E-state index contributed by atoms with van der Waals surface area (Å²) in [4.78, 5) is 37.3. The Balaban J connectivity index is 1.57. The first-order valence-corrected chi connectivity index (χ1v) is 13.7. The molecule has 0 spiro atoms. The maximum Gasteiger partial charge on any atom is 0.407 e. The van der Waals surface area contributed by atoms with Gasteiger partial charge in [0.2, 0.25) is 5.91 Å². The number of alkyl carbamates (subject to hydrolysis) is 1. The highest BCUT2D eigenvalue weighted by atomic mass is 32.1. The Labute approximate surface area is 232 Å². The van der Waals surface area contributed by atoms with Crippen molar-refractivity contribution in [3.05, 3.63) is 34.5 Å². The number of carbonyl (C=O) groups excluding carboxylic acids is 2. The van der Waals surface area contributed by atoms with Crippen LogP contribution in [0.1, 0.15) is 43.2 Å². The molecule has 2 heterocycles. The Morgan fingerprint density at radius 2 is 2.00 bits per heavy atom. The van der Waals surface area contributed by atoms with Crippen LogP contribution in [0, 0.1) is 11.3 Å². The second kappa shape index (κ2) is 11.4. The molecule has 2 aromatic heterocycles. The molecule has 1 aliphatic carbocycles. The maximum atomic E-state index is 12.6. The van der Waals surface area contributed by atoms with E-state index < -0.39 is 11.7 Å². The number of thiophene rings is 1. The number of aromatic nitrogens is 2.